The number of nitrogens with one attached hydrogen (secondary N) is 1. The van der Waals surface area contributed by atoms with Crippen molar-refractivity contribution in [2.45, 2.75) is 37.7 Å². The Morgan fingerprint density at radius 3 is 2.94 bits per heavy atom. The van der Waals surface area contributed by atoms with Crippen molar-refractivity contribution in [1.82, 2.24) is 5.32 Å². The zero-order valence-electron chi connectivity index (χ0n) is 10.3. The smallest absolute Gasteiger partial charge is 0.0899 e. The van der Waals surface area contributed by atoms with Crippen molar-refractivity contribution in [2.75, 3.05) is 13.1 Å². The number of benzene rings is 1. The Kier molecular flexibility index (Phi) is 2.93. The fraction of sp³-hybridized carbons (Fsp3) is 0.600. The molecule has 1 aromatic rings. The van der Waals surface area contributed by atoms with Gasteiger partial charge in [0.25, 0.3) is 0 Å². The third kappa shape index (κ3) is 2.53. The summed E-state index contributed by atoms with van der Waals surface area (Å²) in [5, 5.41) is 13.6. The van der Waals surface area contributed by atoms with Crippen LogP contribution >= 0.6 is 0 Å². The molecule has 2 fully saturated rings. The highest BCUT2D eigenvalue weighted by atomic mass is 16.3. The third-order valence-corrected chi connectivity index (χ3v) is 4.11. The lowest BCUT2D eigenvalue weighted by Crippen LogP contribution is -2.30. The predicted octanol–water partition coefficient (Wildman–Crippen LogP) is 2.21. The second-order valence-electron chi connectivity index (χ2n) is 5.65. The van der Waals surface area contributed by atoms with Crippen LogP contribution in [0.5, 0.6) is 0 Å². The van der Waals surface area contributed by atoms with Crippen molar-refractivity contribution in [3.05, 3.63) is 35.4 Å². The summed E-state index contributed by atoms with van der Waals surface area (Å²) in [5.74, 6) is 0.771. The van der Waals surface area contributed by atoms with E-state index in [0.29, 0.717) is 0 Å². The van der Waals surface area contributed by atoms with Gasteiger partial charge in [-0.05, 0) is 62.2 Å². The largest absolute Gasteiger partial charge is 0.385 e. The molecular weight excluding hydrogens is 210 g/mol. The predicted molar refractivity (Wildman–Crippen MR) is 68.9 cm³/mol. The summed E-state index contributed by atoms with van der Waals surface area (Å²) in [7, 11) is 0. The van der Waals surface area contributed by atoms with E-state index in [1.54, 1.807) is 0 Å². The van der Waals surface area contributed by atoms with E-state index >= 15 is 0 Å². The molecule has 1 saturated carbocycles. The monoisotopic (exact) mass is 231 g/mol. The quantitative estimate of drug-likeness (QED) is 0.836. The van der Waals surface area contributed by atoms with E-state index in [4.69, 9.17) is 0 Å². The fourth-order valence-electron chi connectivity index (χ4n) is 2.83. The fourth-order valence-corrected chi connectivity index (χ4v) is 2.83. The number of aliphatic hydroxyl groups is 1. The van der Waals surface area contributed by atoms with E-state index in [1.165, 1.54) is 24.9 Å². The van der Waals surface area contributed by atoms with Crippen LogP contribution < -0.4 is 5.32 Å². The van der Waals surface area contributed by atoms with Crippen molar-refractivity contribution in [3.63, 3.8) is 0 Å². The summed E-state index contributed by atoms with van der Waals surface area (Å²) < 4.78 is 0. The van der Waals surface area contributed by atoms with Crippen molar-refractivity contribution in [3.8, 4) is 0 Å². The van der Waals surface area contributed by atoms with E-state index in [1.807, 2.05) is 0 Å². The van der Waals surface area contributed by atoms with Crippen LogP contribution in [-0.2, 0) is 12.0 Å². The minimum absolute atomic E-state index is 0.485. The molecule has 0 spiro atoms. The summed E-state index contributed by atoms with van der Waals surface area (Å²) in [6.07, 6.45) is 5.65. The first kappa shape index (κ1) is 11.2. The minimum Gasteiger partial charge on any atom is -0.385 e. The van der Waals surface area contributed by atoms with Crippen molar-refractivity contribution < 1.29 is 5.11 Å². The van der Waals surface area contributed by atoms with Crippen LogP contribution in [0.1, 0.15) is 36.8 Å². The Labute approximate surface area is 103 Å². The van der Waals surface area contributed by atoms with Gasteiger partial charge in [-0.15, -0.1) is 0 Å². The van der Waals surface area contributed by atoms with Crippen LogP contribution in [0.2, 0.25) is 0 Å². The molecule has 92 valence electrons. The number of rotatable bonds is 3. The van der Waals surface area contributed by atoms with Crippen molar-refractivity contribution in [2.24, 2.45) is 5.92 Å². The van der Waals surface area contributed by atoms with Gasteiger partial charge in [0.2, 0.25) is 0 Å². The van der Waals surface area contributed by atoms with Gasteiger partial charge >= 0.3 is 0 Å². The lowest BCUT2D eigenvalue weighted by Gasteiger charge is -2.23. The van der Waals surface area contributed by atoms with Gasteiger partial charge < -0.3 is 10.4 Å². The molecule has 1 aliphatic heterocycles. The Balaban J connectivity index is 1.70. The van der Waals surface area contributed by atoms with Crippen LogP contribution in [0.4, 0.5) is 0 Å². The molecule has 0 radical (unpaired) electrons. The zero-order valence-corrected chi connectivity index (χ0v) is 10.3. The Bertz CT molecular complexity index is 392. The van der Waals surface area contributed by atoms with Gasteiger partial charge in [-0.1, -0.05) is 24.3 Å². The highest BCUT2D eigenvalue weighted by Gasteiger charge is 2.42. The van der Waals surface area contributed by atoms with E-state index in [2.05, 4.69) is 29.6 Å². The molecule has 0 aromatic heterocycles. The molecule has 0 amide bonds. The molecule has 1 unspecified atom stereocenters. The van der Waals surface area contributed by atoms with Gasteiger partial charge in [0.1, 0.15) is 0 Å². The van der Waals surface area contributed by atoms with Crippen LogP contribution in [0, 0.1) is 5.92 Å². The van der Waals surface area contributed by atoms with Gasteiger partial charge in [0.15, 0.2) is 0 Å². The van der Waals surface area contributed by atoms with Crippen molar-refractivity contribution >= 4 is 0 Å². The van der Waals surface area contributed by atoms with E-state index in [-0.39, 0.29) is 0 Å². The molecule has 2 N–H and O–H groups in total. The highest BCUT2D eigenvalue weighted by Crippen LogP contribution is 2.45. The first-order chi connectivity index (χ1) is 8.26. The lowest BCUT2D eigenvalue weighted by molar-refractivity contribution is 0.151. The average Bonchev–Trinajstić information content (AvgIpc) is 3.11. The maximum atomic E-state index is 10.1. The third-order valence-electron chi connectivity index (χ3n) is 4.11. The molecule has 2 nitrogen and oxygen atoms in total. The molecular formula is C15H21NO. The normalized spacial score (nSPS) is 26.8. The average molecular weight is 231 g/mol. The molecule has 2 heteroatoms. The Morgan fingerprint density at radius 1 is 1.35 bits per heavy atom. The van der Waals surface area contributed by atoms with Crippen LogP contribution in [0.15, 0.2) is 24.3 Å². The molecule has 3 rings (SSSR count). The summed E-state index contributed by atoms with van der Waals surface area (Å²) in [4.78, 5) is 0. The first-order valence-corrected chi connectivity index (χ1v) is 6.79. The molecule has 17 heavy (non-hydrogen) atoms. The van der Waals surface area contributed by atoms with Gasteiger partial charge in [0, 0.05) is 0 Å². The lowest BCUT2D eigenvalue weighted by atomic mass is 9.91. The van der Waals surface area contributed by atoms with Crippen LogP contribution in [-0.4, -0.2) is 18.2 Å². The first-order valence-electron chi connectivity index (χ1n) is 6.79. The summed E-state index contributed by atoms with van der Waals surface area (Å²) in [6, 6.07) is 8.57. The van der Waals surface area contributed by atoms with E-state index in [0.717, 1.165) is 37.3 Å². The maximum absolute atomic E-state index is 10.1. The molecule has 1 saturated heterocycles. The SMILES string of the molecule is OC1(c2cccc(CC3CCCNC3)c2)CC1. The Hall–Kier alpha value is -0.860. The van der Waals surface area contributed by atoms with Gasteiger partial charge in [-0.25, -0.2) is 0 Å². The van der Waals surface area contributed by atoms with E-state index in [9.17, 15) is 5.11 Å². The van der Waals surface area contributed by atoms with Gasteiger partial charge in [0.05, 0.1) is 5.60 Å². The number of hydrogen-bond donors (Lipinski definition) is 2. The summed E-state index contributed by atoms with van der Waals surface area (Å²) in [6.45, 7) is 2.32. The van der Waals surface area contributed by atoms with E-state index < -0.39 is 5.60 Å². The molecule has 1 aliphatic carbocycles. The molecule has 1 heterocycles. The molecule has 2 aliphatic rings. The maximum Gasteiger partial charge on any atom is 0.0899 e. The highest BCUT2D eigenvalue weighted by molar-refractivity contribution is 5.32. The summed E-state index contributed by atoms with van der Waals surface area (Å²) >= 11 is 0. The second kappa shape index (κ2) is 4.43. The second-order valence-corrected chi connectivity index (χ2v) is 5.65. The standard InChI is InChI=1S/C15H21NO/c17-15(6-7-15)14-5-1-3-12(10-14)9-13-4-2-8-16-11-13/h1,3,5,10,13,16-17H,2,4,6-9,11H2. The van der Waals surface area contributed by atoms with Crippen LogP contribution in [0.3, 0.4) is 0 Å². The van der Waals surface area contributed by atoms with Crippen molar-refractivity contribution in [1.29, 1.82) is 0 Å². The van der Waals surface area contributed by atoms with Gasteiger partial charge in [-0.3, -0.25) is 0 Å². The zero-order chi connectivity index (χ0) is 11.7. The molecule has 1 atom stereocenters. The number of piperidine rings is 1. The Morgan fingerprint density at radius 2 is 2.24 bits per heavy atom. The summed E-state index contributed by atoms with van der Waals surface area (Å²) in [5.41, 5.74) is 2.02. The van der Waals surface area contributed by atoms with Gasteiger partial charge in [-0.2, -0.15) is 0 Å². The molecule has 0 bridgehead atoms. The molecule has 1 aromatic carbocycles. The topological polar surface area (TPSA) is 32.3 Å². The van der Waals surface area contributed by atoms with Crippen LogP contribution in [0.25, 0.3) is 0 Å². The number of hydrogen-bond acceptors (Lipinski definition) is 2. The minimum atomic E-state index is -0.485.